The Balaban J connectivity index is 3.28. The third kappa shape index (κ3) is 2.47. The lowest BCUT2D eigenvalue weighted by Gasteiger charge is -2.02. The Morgan fingerprint density at radius 2 is 1.72 bits per heavy atom. The number of aromatic amines is 1. The van der Waals surface area contributed by atoms with Crippen LogP contribution in [-0.2, 0) is 14.2 Å². The highest BCUT2D eigenvalue weighted by Crippen LogP contribution is 2.15. The minimum atomic E-state index is -0.882. The van der Waals surface area contributed by atoms with Crippen LogP contribution in [0, 0.1) is 0 Å². The zero-order valence-corrected chi connectivity index (χ0v) is 10.1. The van der Waals surface area contributed by atoms with Crippen molar-refractivity contribution in [1.82, 2.24) is 10.2 Å². The van der Waals surface area contributed by atoms with Crippen LogP contribution < -0.4 is 0 Å². The van der Waals surface area contributed by atoms with E-state index >= 15 is 0 Å². The van der Waals surface area contributed by atoms with Gasteiger partial charge in [0, 0.05) is 0 Å². The van der Waals surface area contributed by atoms with Gasteiger partial charge in [0.2, 0.25) is 0 Å². The molecule has 0 fully saturated rings. The monoisotopic (exact) mass is 256 g/mol. The highest BCUT2D eigenvalue weighted by molar-refractivity contribution is 6.08. The third-order valence-electron chi connectivity index (χ3n) is 2.01. The smallest absolute Gasteiger partial charge is 0.359 e. The second kappa shape index (κ2) is 5.80. The average molecular weight is 256 g/mol. The van der Waals surface area contributed by atoms with Gasteiger partial charge in [-0.05, 0) is 6.92 Å². The van der Waals surface area contributed by atoms with Crippen molar-refractivity contribution >= 4 is 17.9 Å². The molecule has 0 amide bonds. The molecule has 18 heavy (non-hydrogen) atoms. The summed E-state index contributed by atoms with van der Waals surface area (Å²) in [6.07, 6.45) is 0. The lowest BCUT2D eigenvalue weighted by molar-refractivity contribution is 0.0496. The average Bonchev–Trinajstić information content (AvgIpc) is 2.81. The first-order chi connectivity index (χ1) is 8.56. The second-order valence-corrected chi connectivity index (χ2v) is 3.03. The Hall–Kier alpha value is -2.38. The van der Waals surface area contributed by atoms with E-state index in [1.807, 2.05) is 0 Å². The number of rotatable bonds is 4. The molecule has 0 aliphatic carbocycles. The summed E-state index contributed by atoms with van der Waals surface area (Å²) >= 11 is 0. The quantitative estimate of drug-likeness (QED) is 0.603. The van der Waals surface area contributed by atoms with Crippen molar-refractivity contribution in [3.8, 4) is 0 Å². The number of hydrogen-bond donors (Lipinski definition) is 1. The Bertz CT molecular complexity index is 479. The highest BCUT2D eigenvalue weighted by Gasteiger charge is 2.30. The van der Waals surface area contributed by atoms with Crippen molar-refractivity contribution in [2.45, 2.75) is 6.92 Å². The zero-order chi connectivity index (χ0) is 13.7. The number of aromatic nitrogens is 2. The van der Waals surface area contributed by atoms with E-state index in [0.29, 0.717) is 0 Å². The number of hydrogen-bond acceptors (Lipinski definition) is 7. The van der Waals surface area contributed by atoms with Crippen LogP contribution in [0.3, 0.4) is 0 Å². The van der Waals surface area contributed by atoms with Crippen LogP contribution in [0.15, 0.2) is 0 Å². The molecule has 1 heterocycles. The van der Waals surface area contributed by atoms with Crippen LogP contribution >= 0.6 is 0 Å². The molecule has 0 aliphatic rings. The Kier molecular flexibility index (Phi) is 4.41. The molecule has 0 aliphatic heterocycles. The number of carbonyl (C=O) groups is 3. The van der Waals surface area contributed by atoms with Gasteiger partial charge in [-0.3, -0.25) is 5.10 Å². The predicted molar refractivity (Wildman–Crippen MR) is 57.2 cm³/mol. The maximum atomic E-state index is 11.5. The molecular weight excluding hydrogens is 244 g/mol. The lowest BCUT2D eigenvalue weighted by Crippen LogP contribution is -2.15. The van der Waals surface area contributed by atoms with Crippen LogP contribution in [0.5, 0.6) is 0 Å². The fraction of sp³-hybridized carbons (Fsp3) is 0.400. The van der Waals surface area contributed by atoms with E-state index in [1.54, 1.807) is 6.92 Å². The van der Waals surface area contributed by atoms with E-state index in [4.69, 9.17) is 4.74 Å². The van der Waals surface area contributed by atoms with E-state index in [1.165, 1.54) is 0 Å². The first-order valence-corrected chi connectivity index (χ1v) is 4.98. The van der Waals surface area contributed by atoms with Gasteiger partial charge >= 0.3 is 17.9 Å². The summed E-state index contributed by atoms with van der Waals surface area (Å²) in [5.41, 5.74) is -0.876. The maximum absolute atomic E-state index is 11.5. The lowest BCUT2D eigenvalue weighted by atomic mass is 10.2. The number of H-pyrrole nitrogens is 1. The third-order valence-corrected chi connectivity index (χ3v) is 2.01. The van der Waals surface area contributed by atoms with Crippen molar-refractivity contribution in [3.05, 3.63) is 17.0 Å². The Morgan fingerprint density at radius 3 is 2.22 bits per heavy atom. The molecule has 1 rings (SSSR count). The normalized spacial score (nSPS) is 9.72. The molecule has 8 nitrogen and oxygen atoms in total. The molecule has 0 unspecified atom stereocenters. The summed E-state index contributed by atoms with van der Waals surface area (Å²) in [5.74, 6) is -2.55. The summed E-state index contributed by atoms with van der Waals surface area (Å²) in [6.45, 7) is 1.71. The predicted octanol–water partition coefficient (Wildman–Crippen LogP) is 0.160. The van der Waals surface area contributed by atoms with Crippen molar-refractivity contribution < 1.29 is 28.6 Å². The van der Waals surface area contributed by atoms with Crippen molar-refractivity contribution in [2.75, 3.05) is 20.8 Å². The fourth-order valence-electron chi connectivity index (χ4n) is 1.24. The van der Waals surface area contributed by atoms with Gasteiger partial charge in [-0.1, -0.05) is 0 Å². The van der Waals surface area contributed by atoms with E-state index in [-0.39, 0.29) is 23.6 Å². The van der Waals surface area contributed by atoms with Crippen LogP contribution in [-0.4, -0.2) is 48.9 Å². The van der Waals surface area contributed by atoms with Gasteiger partial charge in [-0.15, -0.1) is 0 Å². The molecule has 1 aromatic rings. The van der Waals surface area contributed by atoms with Gasteiger partial charge in [-0.25, -0.2) is 14.4 Å². The first-order valence-electron chi connectivity index (χ1n) is 4.98. The van der Waals surface area contributed by atoms with Gasteiger partial charge in [0.05, 0.1) is 20.8 Å². The van der Waals surface area contributed by atoms with Crippen LogP contribution in [0.1, 0.15) is 38.3 Å². The van der Waals surface area contributed by atoms with Gasteiger partial charge in [-0.2, -0.15) is 5.10 Å². The minimum Gasteiger partial charge on any atom is -0.465 e. The van der Waals surface area contributed by atoms with E-state index in [0.717, 1.165) is 14.2 Å². The van der Waals surface area contributed by atoms with Gasteiger partial charge in [0.1, 0.15) is 5.56 Å². The number of nitrogens with one attached hydrogen (secondary N) is 1. The zero-order valence-electron chi connectivity index (χ0n) is 10.1. The fourth-order valence-corrected chi connectivity index (χ4v) is 1.24. The Labute approximate surface area is 102 Å². The number of ether oxygens (including phenoxy) is 3. The number of esters is 3. The number of carbonyl (C=O) groups excluding carboxylic acids is 3. The van der Waals surface area contributed by atoms with E-state index in [9.17, 15) is 14.4 Å². The Morgan fingerprint density at radius 1 is 1.11 bits per heavy atom. The summed E-state index contributed by atoms with van der Waals surface area (Å²) in [4.78, 5) is 34.5. The van der Waals surface area contributed by atoms with Crippen molar-refractivity contribution in [1.29, 1.82) is 0 Å². The van der Waals surface area contributed by atoms with Gasteiger partial charge in [0.25, 0.3) is 0 Å². The van der Waals surface area contributed by atoms with Crippen molar-refractivity contribution in [2.24, 2.45) is 0 Å². The largest absolute Gasteiger partial charge is 0.465 e. The molecule has 1 aromatic heterocycles. The molecule has 0 saturated carbocycles. The minimum absolute atomic E-state index is 0.111. The van der Waals surface area contributed by atoms with Gasteiger partial charge in [0.15, 0.2) is 11.4 Å². The standard InChI is InChI=1S/C10H12N2O6/c1-4-18-10(15)7-5(8(13)16-2)6(11-12-7)9(14)17-3/h4H2,1-3H3,(H,11,12). The molecule has 0 saturated heterocycles. The van der Waals surface area contributed by atoms with Crippen molar-refractivity contribution in [3.63, 3.8) is 0 Å². The highest BCUT2D eigenvalue weighted by atomic mass is 16.5. The number of methoxy groups -OCH3 is 2. The van der Waals surface area contributed by atoms with Crippen LogP contribution in [0.4, 0.5) is 0 Å². The van der Waals surface area contributed by atoms with Gasteiger partial charge < -0.3 is 14.2 Å². The molecule has 98 valence electrons. The van der Waals surface area contributed by atoms with Crippen LogP contribution in [0.25, 0.3) is 0 Å². The molecule has 0 aromatic carbocycles. The summed E-state index contributed by atoms with van der Waals surface area (Å²) < 4.78 is 13.6. The molecule has 0 spiro atoms. The number of nitrogens with zero attached hydrogens (tertiary/aromatic N) is 1. The summed E-state index contributed by atoms with van der Waals surface area (Å²) in [7, 11) is 2.25. The molecule has 0 atom stereocenters. The van der Waals surface area contributed by atoms with E-state index in [2.05, 4.69) is 19.7 Å². The summed E-state index contributed by atoms with van der Waals surface area (Å²) in [6, 6.07) is 0. The molecule has 0 radical (unpaired) electrons. The van der Waals surface area contributed by atoms with Crippen LogP contribution in [0.2, 0.25) is 0 Å². The molecule has 0 bridgehead atoms. The van der Waals surface area contributed by atoms with E-state index < -0.39 is 17.9 Å². The summed E-state index contributed by atoms with van der Waals surface area (Å²) in [5, 5.41) is 5.82. The SMILES string of the molecule is CCOC(=O)c1n[nH]c(C(=O)OC)c1C(=O)OC. The first kappa shape index (κ1) is 13.7. The topological polar surface area (TPSA) is 108 Å². The molecule has 1 N–H and O–H groups in total. The molecular formula is C10H12N2O6. The second-order valence-electron chi connectivity index (χ2n) is 3.03. The maximum Gasteiger partial charge on any atom is 0.359 e. The molecule has 8 heteroatoms.